The average molecular weight is 458 g/mol. The molecule has 0 saturated carbocycles. The van der Waals surface area contributed by atoms with E-state index in [1.165, 1.54) is 50.9 Å². The number of rotatable bonds is 9. The SMILES string of the molecule is CN=C(NCCCCN1CCCC1)NC(C)CCc1ccccc1.I. The van der Waals surface area contributed by atoms with Gasteiger partial charge in [-0.1, -0.05) is 30.3 Å². The van der Waals surface area contributed by atoms with Crippen molar-refractivity contribution in [2.45, 2.75) is 51.5 Å². The third-order valence-electron chi connectivity index (χ3n) is 4.71. The number of hydrogen-bond acceptors (Lipinski definition) is 2. The van der Waals surface area contributed by atoms with Crippen molar-refractivity contribution in [2.75, 3.05) is 33.2 Å². The van der Waals surface area contributed by atoms with Gasteiger partial charge in [0.05, 0.1) is 0 Å². The molecule has 142 valence electrons. The van der Waals surface area contributed by atoms with Crippen molar-refractivity contribution >= 4 is 29.9 Å². The lowest BCUT2D eigenvalue weighted by molar-refractivity contribution is 0.330. The molecule has 2 rings (SSSR count). The Kier molecular flexibility index (Phi) is 11.9. The number of guanidine groups is 1. The summed E-state index contributed by atoms with van der Waals surface area (Å²) in [7, 11) is 1.85. The van der Waals surface area contributed by atoms with Gasteiger partial charge in [-0.25, -0.2) is 0 Å². The van der Waals surface area contributed by atoms with E-state index in [4.69, 9.17) is 0 Å². The maximum absolute atomic E-state index is 4.34. The number of aliphatic imine (C=N–C) groups is 1. The molecule has 0 bridgehead atoms. The summed E-state index contributed by atoms with van der Waals surface area (Å²) in [5, 5.41) is 6.94. The van der Waals surface area contributed by atoms with Crippen LogP contribution in [0.15, 0.2) is 35.3 Å². The number of benzene rings is 1. The van der Waals surface area contributed by atoms with E-state index in [0.29, 0.717) is 6.04 Å². The van der Waals surface area contributed by atoms with Crippen LogP contribution >= 0.6 is 24.0 Å². The van der Waals surface area contributed by atoms with Gasteiger partial charge in [0.25, 0.3) is 0 Å². The Morgan fingerprint density at radius 3 is 2.56 bits per heavy atom. The molecular weight excluding hydrogens is 423 g/mol. The van der Waals surface area contributed by atoms with E-state index < -0.39 is 0 Å². The van der Waals surface area contributed by atoms with E-state index >= 15 is 0 Å². The minimum absolute atomic E-state index is 0. The lowest BCUT2D eigenvalue weighted by Crippen LogP contribution is -2.42. The highest BCUT2D eigenvalue weighted by molar-refractivity contribution is 14.0. The first-order valence-corrected chi connectivity index (χ1v) is 9.51. The molecule has 0 aliphatic carbocycles. The van der Waals surface area contributed by atoms with Crippen LogP contribution in [0, 0.1) is 0 Å². The third-order valence-corrected chi connectivity index (χ3v) is 4.71. The zero-order chi connectivity index (χ0) is 17.0. The summed E-state index contributed by atoms with van der Waals surface area (Å²) in [4.78, 5) is 6.92. The maximum Gasteiger partial charge on any atom is 0.191 e. The fourth-order valence-corrected chi connectivity index (χ4v) is 3.20. The Balaban J connectivity index is 0.00000312. The highest BCUT2D eigenvalue weighted by atomic mass is 127. The first kappa shape index (κ1) is 22.2. The van der Waals surface area contributed by atoms with Gasteiger partial charge in [0.15, 0.2) is 5.96 Å². The van der Waals surface area contributed by atoms with Gasteiger partial charge < -0.3 is 15.5 Å². The number of nitrogens with zero attached hydrogens (tertiary/aromatic N) is 2. The van der Waals surface area contributed by atoms with Crippen molar-refractivity contribution in [3.8, 4) is 0 Å². The van der Waals surface area contributed by atoms with Gasteiger partial charge >= 0.3 is 0 Å². The topological polar surface area (TPSA) is 39.7 Å². The predicted octanol–water partition coefficient (Wildman–Crippen LogP) is 3.67. The van der Waals surface area contributed by atoms with E-state index in [9.17, 15) is 0 Å². The molecule has 25 heavy (non-hydrogen) atoms. The second kappa shape index (κ2) is 13.4. The van der Waals surface area contributed by atoms with Crippen molar-refractivity contribution in [1.29, 1.82) is 0 Å². The average Bonchev–Trinajstić information content (AvgIpc) is 3.13. The van der Waals surface area contributed by atoms with E-state index in [2.05, 4.69) is 57.8 Å². The summed E-state index contributed by atoms with van der Waals surface area (Å²) in [5.41, 5.74) is 1.40. The maximum atomic E-state index is 4.34. The van der Waals surface area contributed by atoms with Gasteiger partial charge in [-0.2, -0.15) is 0 Å². The van der Waals surface area contributed by atoms with Crippen LogP contribution in [0.4, 0.5) is 0 Å². The zero-order valence-corrected chi connectivity index (χ0v) is 18.2. The lowest BCUT2D eigenvalue weighted by atomic mass is 10.1. The molecule has 4 nitrogen and oxygen atoms in total. The summed E-state index contributed by atoms with van der Waals surface area (Å²) in [6.45, 7) is 7.08. The van der Waals surface area contributed by atoms with Gasteiger partial charge in [-0.15, -0.1) is 24.0 Å². The Labute approximate surface area is 170 Å². The lowest BCUT2D eigenvalue weighted by Gasteiger charge is -2.18. The highest BCUT2D eigenvalue weighted by Crippen LogP contribution is 2.08. The molecule has 0 aromatic heterocycles. The minimum Gasteiger partial charge on any atom is -0.356 e. The van der Waals surface area contributed by atoms with Crippen molar-refractivity contribution in [3.05, 3.63) is 35.9 Å². The summed E-state index contributed by atoms with van der Waals surface area (Å²) < 4.78 is 0. The first-order valence-electron chi connectivity index (χ1n) is 9.51. The van der Waals surface area contributed by atoms with E-state index in [0.717, 1.165) is 25.3 Å². The van der Waals surface area contributed by atoms with Crippen LogP contribution in [-0.4, -0.2) is 50.1 Å². The second-order valence-corrected chi connectivity index (χ2v) is 6.82. The van der Waals surface area contributed by atoms with Crippen LogP contribution in [0.2, 0.25) is 0 Å². The fraction of sp³-hybridized carbons (Fsp3) is 0.650. The van der Waals surface area contributed by atoms with Gasteiger partial charge in [0.1, 0.15) is 0 Å². The van der Waals surface area contributed by atoms with Crippen molar-refractivity contribution in [3.63, 3.8) is 0 Å². The number of unbranched alkanes of at least 4 members (excludes halogenated alkanes) is 1. The Morgan fingerprint density at radius 1 is 1.16 bits per heavy atom. The number of halogens is 1. The number of nitrogens with one attached hydrogen (secondary N) is 2. The largest absolute Gasteiger partial charge is 0.356 e. The molecule has 1 aromatic carbocycles. The summed E-state index contributed by atoms with van der Waals surface area (Å²) >= 11 is 0. The van der Waals surface area contributed by atoms with Crippen LogP contribution in [0.3, 0.4) is 0 Å². The number of hydrogen-bond donors (Lipinski definition) is 2. The van der Waals surface area contributed by atoms with Crippen LogP contribution < -0.4 is 10.6 Å². The van der Waals surface area contributed by atoms with Crippen molar-refractivity contribution in [1.82, 2.24) is 15.5 Å². The molecule has 1 fully saturated rings. The molecule has 1 atom stereocenters. The first-order chi connectivity index (χ1) is 11.8. The molecule has 5 heteroatoms. The molecule has 0 amide bonds. The Morgan fingerprint density at radius 2 is 1.88 bits per heavy atom. The molecule has 1 aliphatic rings. The normalized spacial score (nSPS) is 16.3. The smallest absolute Gasteiger partial charge is 0.191 e. The molecule has 1 aromatic rings. The number of likely N-dealkylation sites (tertiary alicyclic amines) is 1. The van der Waals surface area contributed by atoms with Crippen molar-refractivity contribution in [2.24, 2.45) is 4.99 Å². The molecule has 1 heterocycles. The van der Waals surface area contributed by atoms with Gasteiger partial charge in [0.2, 0.25) is 0 Å². The monoisotopic (exact) mass is 458 g/mol. The molecule has 1 aliphatic heterocycles. The number of aryl methyl sites for hydroxylation is 1. The van der Waals surface area contributed by atoms with E-state index in [-0.39, 0.29) is 24.0 Å². The van der Waals surface area contributed by atoms with Crippen LogP contribution in [0.25, 0.3) is 0 Å². The van der Waals surface area contributed by atoms with Crippen LogP contribution in [0.1, 0.15) is 44.6 Å². The van der Waals surface area contributed by atoms with Gasteiger partial charge in [0, 0.05) is 19.6 Å². The molecule has 1 saturated heterocycles. The Bertz CT molecular complexity index is 472. The standard InChI is InChI=1S/C20H34N4.HI/c1-18(12-13-19-10-4-3-5-11-19)23-20(21-2)22-14-6-7-15-24-16-8-9-17-24;/h3-5,10-11,18H,6-9,12-17H2,1-2H3,(H2,21,22,23);1H. The third kappa shape index (κ3) is 9.45. The Hall–Kier alpha value is -0.820. The summed E-state index contributed by atoms with van der Waals surface area (Å²) in [5.74, 6) is 0.928. The molecule has 0 spiro atoms. The zero-order valence-electron chi connectivity index (χ0n) is 15.8. The molecular formula is C20H35IN4. The molecule has 1 unspecified atom stereocenters. The van der Waals surface area contributed by atoms with E-state index in [1.807, 2.05) is 7.05 Å². The quantitative estimate of drug-likeness (QED) is 0.257. The predicted molar refractivity (Wildman–Crippen MR) is 119 cm³/mol. The minimum atomic E-state index is 0. The summed E-state index contributed by atoms with van der Waals surface area (Å²) in [6.07, 6.45) is 7.45. The van der Waals surface area contributed by atoms with E-state index in [1.54, 1.807) is 0 Å². The molecule has 2 N–H and O–H groups in total. The van der Waals surface area contributed by atoms with Crippen molar-refractivity contribution < 1.29 is 0 Å². The van der Waals surface area contributed by atoms with Gasteiger partial charge in [-0.05, 0) is 70.6 Å². The second-order valence-electron chi connectivity index (χ2n) is 6.82. The van der Waals surface area contributed by atoms with Crippen LogP contribution in [-0.2, 0) is 6.42 Å². The van der Waals surface area contributed by atoms with Crippen LogP contribution in [0.5, 0.6) is 0 Å². The highest BCUT2D eigenvalue weighted by Gasteiger charge is 2.10. The summed E-state index contributed by atoms with van der Waals surface area (Å²) in [6, 6.07) is 11.1. The van der Waals surface area contributed by atoms with Gasteiger partial charge in [-0.3, -0.25) is 4.99 Å². The fourth-order valence-electron chi connectivity index (χ4n) is 3.20. The molecule has 0 radical (unpaired) electrons.